The smallest absolute Gasteiger partial charge is 0.408 e. The third-order valence-electron chi connectivity index (χ3n) is 3.40. The molecule has 22 heavy (non-hydrogen) atoms. The Hall–Kier alpha value is -0.820. The summed E-state index contributed by atoms with van der Waals surface area (Å²) < 4.78 is 5.22. The van der Waals surface area contributed by atoms with Crippen molar-refractivity contribution in [1.82, 2.24) is 10.2 Å². The van der Waals surface area contributed by atoms with Crippen LogP contribution in [0.15, 0.2) is 0 Å². The number of hydrogen-bond acceptors (Lipinski definition) is 4. The standard InChI is InChI=1S/C15H27BrN2O4/c1-9(2)11(17-14(21)22-15(3,4)5)13(20)18-8-6-7-10(19)12(18)16/h9-12,19H,6-8H2,1-5H3,(H,17,21)/t10?,11-,12?/m0/s1. The zero-order chi connectivity index (χ0) is 17.1. The van der Waals surface area contributed by atoms with Crippen molar-refractivity contribution >= 4 is 27.9 Å². The Morgan fingerprint density at radius 1 is 1.36 bits per heavy atom. The quantitative estimate of drug-likeness (QED) is 0.582. The summed E-state index contributed by atoms with van der Waals surface area (Å²) in [5, 5.41) is 12.5. The van der Waals surface area contributed by atoms with Gasteiger partial charge in [0.05, 0.1) is 6.10 Å². The second-order valence-corrected chi connectivity index (χ2v) is 7.92. The first kappa shape index (κ1) is 19.2. The number of rotatable bonds is 3. The third kappa shape index (κ3) is 5.43. The number of likely N-dealkylation sites (tertiary alicyclic amines) is 1. The molecule has 1 aliphatic heterocycles. The predicted molar refractivity (Wildman–Crippen MR) is 87.7 cm³/mol. The number of carbonyl (C=O) groups excluding carboxylic acids is 2. The zero-order valence-corrected chi connectivity index (χ0v) is 15.5. The van der Waals surface area contributed by atoms with Crippen molar-refractivity contribution in [2.45, 2.75) is 70.2 Å². The molecule has 1 saturated heterocycles. The highest BCUT2D eigenvalue weighted by atomic mass is 79.9. The van der Waals surface area contributed by atoms with Gasteiger partial charge in [-0.25, -0.2) is 4.79 Å². The number of ether oxygens (including phenoxy) is 1. The molecule has 0 saturated carbocycles. The van der Waals surface area contributed by atoms with Crippen LogP contribution in [-0.2, 0) is 9.53 Å². The summed E-state index contributed by atoms with van der Waals surface area (Å²) in [5.74, 6) is -0.291. The van der Waals surface area contributed by atoms with Gasteiger partial charge in [-0.2, -0.15) is 0 Å². The van der Waals surface area contributed by atoms with Crippen molar-refractivity contribution in [2.75, 3.05) is 6.54 Å². The molecular weight excluding hydrogens is 352 g/mol. The van der Waals surface area contributed by atoms with Gasteiger partial charge in [0.1, 0.15) is 16.6 Å². The Kier molecular flexibility index (Phi) is 6.67. The van der Waals surface area contributed by atoms with E-state index in [9.17, 15) is 14.7 Å². The Bertz CT molecular complexity index is 409. The van der Waals surface area contributed by atoms with Crippen LogP contribution in [-0.4, -0.2) is 51.2 Å². The van der Waals surface area contributed by atoms with Gasteiger partial charge in [-0.05, 0) is 39.5 Å². The summed E-state index contributed by atoms with van der Waals surface area (Å²) >= 11 is 3.36. The van der Waals surface area contributed by atoms with Gasteiger partial charge in [0.25, 0.3) is 0 Å². The fourth-order valence-electron chi connectivity index (χ4n) is 2.30. The number of piperidine rings is 1. The molecule has 128 valence electrons. The van der Waals surface area contributed by atoms with Crippen molar-refractivity contribution in [2.24, 2.45) is 5.92 Å². The highest BCUT2D eigenvalue weighted by Crippen LogP contribution is 2.24. The SMILES string of the molecule is CC(C)[C@H](NC(=O)OC(C)(C)C)C(=O)N1CCCC(O)C1Br. The molecule has 0 aliphatic carbocycles. The molecule has 0 spiro atoms. The first-order valence-corrected chi connectivity index (χ1v) is 8.56. The molecule has 1 aliphatic rings. The van der Waals surface area contributed by atoms with E-state index in [0.717, 1.165) is 6.42 Å². The predicted octanol–water partition coefficient (Wildman–Crippen LogP) is 2.24. The maximum Gasteiger partial charge on any atom is 0.408 e. The monoisotopic (exact) mass is 378 g/mol. The number of nitrogens with one attached hydrogen (secondary N) is 1. The number of alkyl halides is 1. The first-order chi connectivity index (χ1) is 10.0. The van der Waals surface area contributed by atoms with E-state index in [4.69, 9.17) is 4.74 Å². The van der Waals surface area contributed by atoms with E-state index in [1.807, 2.05) is 13.8 Å². The zero-order valence-electron chi connectivity index (χ0n) is 13.9. The van der Waals surface area contributed by atoms with Gasteiger partial charge in [0, 0.05) is 6.54 Å². The number of halogens is 1. The maximum absolute atomic E-state index is 12.7. The lowest BCUT2D eigenvalue weighted by Crippen LogP contribution is -2.57. The Morgan fingerprint density at radius 3 is 2.45 bits per heavy atom. The average molecular weight is 379 g/mol. The summed E-state index contributed by atoms with van der Waals surface area (Å²) in [4.78, 5) is 25.8. The highest BCUT2D eigenvalue weighted by molar-refractivity contribution is 9.09. The van der Waals surface area contributed by atoms with Crippen molar-refractivity contribution in [3.05, 3.63) is 0 Å². The Morgan fingerprint density at radius 2 is 1.95 bits per heavy atom. The molecule has 2 unspecified atom stereocenters. The molecule has 6 nitrogen and oxygen atoms in total. The van der Waals surface area contributed by atoms with E-state index in [1.54, 1.807) is 25.7 Å². The van der Waals surface area contributed by atoms with Crippen molar-refractivity contribution in [3.8, 4) is 0 Å². The topological polar surface area (TPSA) is 78.9 Å². The molecule has 3 atom stereocenters. The minimum Gasteiger partial charge on any atom is -0.444 e. The van der Waals surface area contributed by atoms with Gasteiger partial charge in [-0.1, -0.05) is 29.8 Å². The van der Waals surface area contributed by atoms with Crippen molar-refractivity contribution in [3.63, 3.8) is 0 Å². The normalized spacial score (nSPS) is 24.1. The fraction of sp³-hybridized carbons (Fsp3) is 0.867. The second-order valence-electron chi connectivity index (χ2n) is 6.98. The number of nitrogens with zero attached hydrogens (tertiary/aromatic N) is 1. The van der Waals surface area contributed by atoms with E-state index in [0.29, 0.717) is 13.0 Å². The molecule has 1 fully saturated rings. The van der Waals surface area contributed by atoms with Gasteiger partial charge in [-0.15, -0.1) is 0 Å². The summed E-state index contributed by atoms with van der Waals surface area (Å²) in [6, 6.07) is -0.680. The number of amides is 2. The largest absolute Gasteiger partial charge is 0.444 e. The van der Waals surface area contributed by atoms with Crippen molar-refractivity contribution in [1.29, 1.82) is 0 Å². The first-order valence-electron chi connectivity index (χ1n) is 7.65. The number of hydrogen-bond donors (Lipinski definition) is 2. The van der Waals surface area contributed by atoms with Crippen LogP contribution in [0.1, 0.15) is 47.5 Å². The second kappa shape index (κ2) is 7.64. The van der Waals surface area contributed by atoms with E-state index in [2.05, 4.69) is 21.2 Å². The van der Waals surface area contributed by atoms with Crippen LogP contribution in [0.3, 0.4) is 0 Å². The number of alkyl carbamates (subject to hydrolysis) is 1. The van der Waals surface area contributed by atoms with Gasteiger partial charge >= 0.3 is 6.09 Å². The average Bonchev–Trinajstić information content (AvgIpc) is 2.36. The minimum atomic E-state index is -0.680. The van der Waals surface area contributed by atoms with Crippen LogP contribution >= 0.6 is 15.9 Å². The molecule has 2 N–H and O–H groups in total. The molecule has 7 heteroatoms. The fourth-order valence-corrected chi connectivity index (χ4v) is 2.97. The molecule has 0 aromatic heterocycles. The van der Waals surface area contributed by atoms with Crippen LogP contribution in [0.25, 0.3) is 0 Å². The highest BCUT2D eigenvalue weighted by Gasteiger charge is 2.37. The molecule has 2 amide bonds. The van der Waals surface area contributed by atoms with Gasteiger partial charge in [0.2, 0.25) is 5.91 Å². The number of aliphatic hydroxyl groups excluding tert-OH is 1. The van der Waals surface area contributed by atoms with Crippen LogP contribution in [0.4, 0.5) is 4.79 Å². The molecule has 0 radical (unpaired) electrons. The van der Waals surface area contributed by atoms with Crippen molar-refractivity contribution < 1.29 is 19.4 Å². The van der Waals surface area contributed by atoms with Gasteiger partial charge in [-0.3, -0.25) is 4.79 Å². The Labute approximate surface area is 140 Å². The molecule has 1 heterocycles. The van der Waals surface area contributed by atoms with Gasteiger partial charge < -0.3 is 20.1 Å². The third-order valence-corrected chi connectivity index (χ3v) is 4.51. The molecule has 0 aromatic rings. The maximum atomic E-state index is 12.7. The summed E-state index contributed by atoms with van der Waals surface area (Å²) in [6.07, 6.45) is 0.202. The van der Waals surface area contributed by atoms with Crippen LogP contribution in [0.5, 0.6) is 0 Å². The number of aliphatic hydroxyl groups is 1. The van der Waals surface area contributed by atoms with Crippen LogP contribution < -0.4 is 5.32 Å². The van der Waals surface area contributed by atoms with E-state index in [-0.39, 0.29) is 11.8 Å². The van der Waals surface area contributed by atoms with E-state index in [1.165, 1.54) is 0 Å². The summed E-state index contributed by atoms with van der Waals surface area (Å²) in [7, 11) is 0. The van der Waals surface area contributed by atoms with E-state index >= 15 is 0 Å². The van der Waals surface area contributed by atoms with Crippen LogP contribution in [0.2, 0.25) is 0 Å². The van der Waals surface area contributed by atoms with E-state index < -0.39 is 28.8 Å². The molecular formula is C15H27BrN2O4. The lowest BCUT2D eigenvalue weighted by atomic mass is 10.0. The summed E-state index contributed by atoms with van der Waals surface area (Å²) in [6.45, 7) is 9.61. The lowest BCUT2D eigenvalue weighted by molar-refractivity contribution is -0.138. The van der Waals surface area contributed by atoms with Gasteiger partial charge in [0.15, 0.2) is 0 Å². The van der Waals surface area contributed by atoms with Crippen LogP contribution in [0, 0.1) is 5.92 Å². The Balaban J connectivity index is 2.78. The molecule has 0 aromatic carbocycles. The lowest BCUT2D eigenvalue weighted by Gasteiger charge is -2.38. The summed E-state index contributed by atoms with van der Waals surface area (Å²) in [5.41, 5.74) is -0.617. The number of carbonyl (C=O) groups is 2. The minimum absolute atomic E-state index is 0.0845. The molecule has 0 bridgehead atoms. The molecule has 1 rings (SSSR count).